The van der Waals surface area contributed by atoms with Gasteiger partial charge in [-0.1, -0.05) is 6.07 Å². The fourth-order valence-corrected chi connectivity index (χ4v) is 3.40. The second-order valence-corrected chi connectivity index (χ2v) is 7.21. The second kappa shape index (κ2) is 7.37. The van der Waals surface area contributed by atoms with E-state index in [4.69, 9.17) is 5.26 Å². The first-order chi connectivity index (χ1) is 14.4. The Hall–Kier alpha value is -4.12. The van der Waals surface area contributed by atoms with Crippen LogP contribution >= 0.6 is 0 Å². The third kappa shape index (κ3) is 3.37. The molecule has 3 aromatic rings. The zero-order valence-corrected chi connectivity index (χ0v) is 16.8. The molecule has 4 rings (SSSR count). The number of aromatic nitrogens is 2. The molecule has 0 radical (unpaired) electrons. The van der Waals surface area contributed by atoms with Crippen LogP contribution in [-0.2, 0) is 4.79 Å². The van der Waals surface area contributed by atoms with Gasteiger partial charge >= 0.3 is 0 Å². The standard InChI is InChI=1S/C22H20N6O2/c1-13-9-20(26-28(13)17-6-4-5-15(10-17)12-23)25-22(30)16-7-8-19-18(11-16)24-21(29)14(2)27(19)3/h4-11,14H,1-3H3,(H,24,29)(H,25,26,30). The van der Waals surface area contributed by atoms with Crippen LogP contribution in [0.4, 0.5) is 17.2 Å². The first-order valence-electron chi connectivity index (χ1n) is 9.43. The molecular weight excluding hydrogens is 380 g/mol. The van der Waals surface area contributed by atoms with Crippen LogP contribution in [0.5, 0.6) is 0 Å². The molecule has 0 saturated carbocycles. The maximum atomic E-state index is 12.8. The molecule has 2 heterocycles. The lowest BCUT2D eigenvalue weighted by Crippen LogP contribution is -2.43. The molecule has 1 atom stereocenters. The van der Waals surface area contributed by atoms with Gasteiger partial charge in [-0.15, -0.1) is 5.10 Å². The summed E-state index contributed by atoms with van der Waals surface area (Å²) in [5.41, 5.74) is 3.95. The molecule has 8 nitrogen and oxygen atoms in total. The smallest absolute Gasteiger partial charge is 0.256 e. The van der Waals surface area contributed by atoms with Gasteiger partial charge in [0.25, 0.3) is 5.91 Å². The predicted molar refractivity (Wildman–Crippen MR) is 114 cm³/mol. The molecule has 2 N–H and O–H groups in total. The molecule has 1 aliphatic heterocycles. The van der Waals surface area contributed by atoms with Crippen molar-refractivity contribution >= 4 is 29.0 Å². The first-order valence-corrected chi connectivity index (χ1v) is 9.43. The molecule has 0 aliphatic carbocycles. The fourth-order valence-electron chi connectivity index (χ4n) is 3.40. The largest absolute Gasteiger partial charge is 0.361 e. The predicted octanol–water partition coefficient (Wildman–Crippen LogP) is 3.08. The monoisotopic (exact) mass is 400 g/mol. The van der Waals surface area contributed by atoms with Crippen molar-refractivity contribution in [3.05, 3.63) is 65.4 Å². The molecule has 2 aromatic carbocycles. The molecular formula is C22H20N6O2. The number of rotatable bonds is 3. The highest BCUT2D eigenvalue weighted by atomic mass is 16.2. The molecule has 8 heteroatoms. The molecule has 30 heavy (non-hydrogen) atoms. The van der Waals surface area contributed by atoms with E-state index in [0.717, 1.165) is 17.1 Å². The van der Waals surface area contributed by atoms with Crippen molar-refractivity contribution < 1.29 is 9.59 Å². The molecule has 1 aromatic heterocycles. The van der Waals surface area contributed by atoms with E-state index in [-0.39, 0.29) is 17.9 Å². The zero-order chi connectivity index (χ0) is 21.4. The van der Waals surface area contributed by atoms with Gasteiger partial charge < -0.3 is 15.5 Å². The van der Waals surface area contributed by atoms with E-state index in [1.165, 1.54) is 0 Å². The number of fused-ring (bicyclic) bond motifs is 1. The summed E-state index contributed by atoms with van der Waals surface area (Å²) in [5.74, 6) is -0.0485. The van der Waals surface area contributed by atoms with Gasteiger partial charge in [-0.05, 0) is 50.2 Å². The second-order valence-electron chi connectivity index (χ2n) is 7.21. The van der Waals surface area contributed by atoms with Crippen molar-refractivity contribution in [3.63, 3.8) is 0 Å². The van der Waals surface area contributed by atoms with Crippen LogP contribution in [0.3, 0.4) is 0 Å². The minimum atomic E-state index is -0.330. The van der Waals surface area contributed by atoms with E-state index in [9.17, 15) is 9.59 Å². The van der Waals surface area contributed by atoms with Crippen LogP contribution in [0.2, 0.25) is 0 Å². The average Bonchev–Trinajstić information content (AvgIpc) is 3.11. The summed E-state index contributed by atoms with van der Waals surface area (Å²) in [6.07, 6.45) is 0. The van der Waals surface area contributed by atoms with Gasteiger partial charge in [0.05, 0.1) is 28.7 Å². The third-order valence-corrected chi connectivity index (χ3v) is 5.21. The van der Waals surface area contributed by atoms with E-state index in [1.807, 2.05) is 37.9 Å². The van der Waals surface area contributed by atoms with E-state index in [0.29, 0.717) is 22.6 Å². The average molecular weight is 400 g/mol. The van der Waals surface area contributed by atoms with Crippen molar-refractivity contribution in [2.24, 2.45) is 0 Å². The van der Waals surface area contributed by atoms with Gasteiger partial charge in [0.1, 0.15) is 6.04 Å². The Kier molecular flexibility index (Phi) is 4.72. The van der Waals surface area contributed by atoms with Crippen molar-refractivity contribution in [1.82, 2.24) is 9.78 Å². The van der Waals surface area contributed by atoms with Crippen LogP contribution in [0.15, 0.2) is 48.5 Å². The quantitative estimate of drug-likeness (QED) is 0.703. The van der Waals surface area contributed by atoms with Crippen LogP contribution in [0.1, 0.15) is 28.5 Å². The Morgan fingerprint density at radius 2 is 2.03 bits per heavy atom. The SMILES string of the molecule is Cc1cc(NC(=O)c2ccc3c(c2)NC(=O)C(C)N3C)nn1-c1cccc(C#N)c1. The topological polar surface area (TPSA) is 103 Å². The minimum absolute atomic E-state index is 0.114. The lowest BCUT2D eigenvalue weighted by Gasteiger charge is -2.33. The van der Waals surface area contributed by atoms with E-state index < -0.39 is 0 Å². The third-order valence-electron chi connectivity index (χ3n) is 5.21. The molecule has 0 saturated heterocycles. The van der Waals surface area contributed by atoms with E-state index in [2.05, 4.69) is 21.8 Å². The highest BCUT2D eigenvalue weighted by molar-refractivity contribution is 6.08. The van der Waals surface area contributed by atoms with Crippen molar-refractivity contribution in [3.8, 4) is 11.8 Å². The number of nitrogens with zero attached hydrogens (tertiary/aromatic N) is 4. The number of likely N-dealkylation sites (N-methyl/N-ethyl adjacent to an activating group) is 1. The molecule has 1 unspecified atom stereocenters. The number of nitriles is 1. The van der Waals surface area contributed by atoms with Crippen molar-refractivity contribution in [2.75, 3.05) is 22.6 Å². The van der Waals surface area contributed by atoms with Crippen LogP contribution in [0, 0.1) is 18.3 Å². The van der Waals surface area contributed by atoms with Gasteiger partial charge in [-0.3, -0.25) is 9.59 Å². The molecule has 0 fully saturated rings. The highest BCUT2D eigenvalue weighted by Gasteiger charge is 2.27. The lowest BCUT2D eigenvalue weighted by atomic mass is 10.1. The number of carbonyl (C=O) groups is 2. The minimum Gasteiger partial charge on any atom is -0.361 e. The van der Waals surface area contributed by atoms with Crippen LogP contribution < -0.4 is 15.5 Å². The number of nitrogens with one attached hydrogen (secondary N) is 2. The fraction of sp³-hybridized carbons (Fsp3) is 0.182. The summed E-state index contributed by atoms with van der Waals surface area (Å²) >= 11 is 0. The number of amides is 2. The number of hydrogen-bond acceptors (Lipinski definition) is 5. The number of benzene rings is 2. The molecule has 150 valence electrons. The summed E-state index contributed by atoms with van der Waals surface area (Å²) in [6, 6.07) is 15.9. The Morgan fingerprint density at radius 3 is 2.80 bits per heavy atom. The number of hydrogen-bond donors (Lipinski definition) is 2. The van der Waals surface area contributed by atoms with Gasteiger partial charge in [0.2, 0.25) is 5.91 Å². The van der Waals surface area contributed by atoms with E-state index >= 15 is 0 Å². The van der Waals surface area contributed by atoms with Crippen molar-refractivity contribution in [1.29, 1.82) is 5.26 Å². The Balaban J connectivity index is 1.57. The zero-order valence-electron chi connectivity index (χ0n) is 16.8. The molecule has 0 spiro atoms. The lowest BCUT2D eigenvalue weighted by molar-refractivity contribution is -0.117. The molecule has 1 aliphatic rings. The summed E-state index contributed by atoms with van der Waals surface area (Å²) in [6.45, 7) is 3.69. The summed E-state index contributed by atoms with van der Waals surface area (Å²) in [5, 5.41) is 19.2. The van der Waals surface area contributed by atoms with Crippen LogP contribution in [0.25, 0.3) is 5.69 Å². The Labute approximate surface area is 173 Å². The number of carbonyl (C=O) groups excluding carboxylic acids is 2. The summed E-state index contributed by atoms with van der Waals surface area (Å²) in [4.78, 5) is 26.7. The van der Waals surface area contributed by atoms with Gasteiger partial charge in [0, 0.05) is 24.4 Å². The van der Waals surface area contributed by atoms with Crippen molar-refractivity contribution in [2.45, 2.75) is 19.9 Å². The summed E-state index contributed by atoms with van der Waals surface area (Å²) < 4.78 is 1.67. The maximum absolute atomic E-state index is 12.8. The first kappa shape index (κ1) is 19.2. The maximum Gasteiger partial charge on any atom is 0.256 e. The Bertz CT molecular complexity index is 1210. The normalized spacial score (nSPS) is 15.2. The molecule has 0 bridgehead atoms. The number of anilines is 3. The highest BCUT2D eigenvalue weighted by Crippen LogP contribution is 2.32. The van der Waals surface area contributed by atoms with Gasteiger partial charge in [-0.2, -0.15) is 5.26 Å². The number of aryl methyl sites for hydroxylation is 1. The summed E-state index contributed by atoms with van der Waals surface area (Å²) in [7, 11) is 1.85. The molecule has 2 amide bonds. The van der Waals surface area contributed by atoms with E-state index in [1.54, 1.807) is 41.1 Å². The van der Waals surface area contributed by atoms with Crippen LogP contribution in [-0.4, -0.2) is 34.7 Å². The van der Waals surface area contributed by atoms with Gasteiger partial charge in [0.15, 0.2) is 5.82 Å². The Morgan fingerprint density at radius 1 is 1.23 bits per heavy atom. The van der Waals surface area contributed by atoms with Gasteiger partial charge in [-0.25, -0.2) is 4.68 Å².